The Morgan fingerprint density at radius 3 is 2.35 bits per heavy atom. The van der Waals surface area contributed by atoms with Gasteiger partial charge in [-0.3, -0.25) is 23.7 Å². The highest BCUT2D eigenvalue weighted by Crippen LogP contribution is 2.55. The first kappa shape index (κ1) is 32.5. The number of thioether (sulfide) groups is 1. The van der Waals surface area contributed by atoms with E-state index >= 15 is 0 Å². The molecule has 1 N–H and O–H groups in total. The van der Waals surface area contributed by atoms with E-state index in [4.69, 9.17) is 9.47 Å². The van der Waals surface area contributed by atoms with Gasteiger partial charge in [0.25, 0.3) is 0 Å². The monoisotopic (exact) mass is 705 g/mol. The molecule has 0 spiro atoms. The number of imide groups is 1. The molecular formula is C35H26F3N3O6S2. The highest BCUT2D eigenvalue weighted by Gasteiger charge is 2.58. The van der Waals surface area contributed by atoms with E-state index in [9.17, 15) is 32.3 Å². The van der Waals surface area contributed by atoms with Crippen LogP contribution in [0.25, 0.3) is 10.8 Å². The summed E-state index contributed by atoms with van der Waals surface area (Å²) in [5, 5.41) is 3.68. The Bertz CT molecular complexity index is 2210. The van der Waals surface area contributed by atoms with Crippen molar-refractivity contribution in [2.45, 2.75) is 28.9 Å². The molecule has 3 amide bonds. The number of halogens is 3. The van der Waals surface area contributed by atoms with E-state index in [-0.39, 0.29) is 5.03 Å². The van der Waals surface area contributed by atoms with Gasteiger partial charge in [-0.15, -0.1) is 0 Å². The Morgan fingerprint density at radius 1 is 0.878 bits per heavy atom. The minimum atomic E-state index is -4.84. The fourth-order valence-electron chi connectivity index (χ4n) is 6.47. The zero-order valence-corrected chi connectivity index (χ0v) is 27.4. The number of anilines is 2. The molecule has 3 atom stereocenters. The summed E-state index contributed by atoms with van der Waals surface area (Å²) < 4.78 is 54.4. The quantitative estimate of drug-likeness (QED) is 0.192. The standard InChI is InChI=1S/C35H26F3N3O6S2/c1-46-24-15-14-19(16-25(24)47-2)27-28-29(32(44)41(31(28)43)23-13-6-5-11-21(23)35(36,37)38)48-33-30(27)49-34(45)40(33)17-26(42)39-22-12-7-9-18-8-3-4-10-20(18)22/h3-16,27-29H,17H2,1-2H3,(H,39,42)/t27-,28?,29?/m1/s1. The van der Waals surface area contributed by atoms with Crippen molar-refractivity contribution >= 4 is 63.0 Å². The lowest BCUT2D eigenvalue weighted by atomic mass is 9.83. The average molecular weight is 706 g/mol. The molecule has 1 fully saturated rings. The maximum Gasteiger partial charge on any atom is 0.418 e. The number of ether oxygens (including phenoxy) is 2. The molecule has 3 heterocycles. The van der Waals surface area contributed by atoms with Crippen LogP contribution in [0.1, 0.15) is 21.9 Å². The largest absolute Gasteiger partial charge is 0.493 e. The first-order chi connectivity index (χ1) is 23.5. The highest BCUT2D eigenvalue weighted by atomic mass is 32.2. The Morgan fingerprint density at radius 2 is 1.59 bits per heavy atom. The van der Waals surface area contributed by atoms with Crippen molar-refractivity contribution < 1.29 is 37.0 Å². The second kappa shape index (κ2) is 12.4. The summed E-state index contributed by atoms with van der Waals surface area (Å²) in [6.07, 6.45) is -4.84. The normalized spacial score (nSPS) is 18.7. The molecule has 49 heavy (non-hydrogen) atoms. The Labute approximate surface area is 285 Å². The molecule has 1 aromatic heterocycles. The van der Waals surface area contributed by atoms with E-state index < -0.39 is 63.7 Å². The topological polar surface area (TPSA) is 107 Å². The molecule has 2 unspecified atom stereocenters. The fourth-order valence-corrected chi connectivity index (χ4v) is 9.25. The van der Waals surface area contributed by atoms with Crippen LogP contribution in [0.2, 0.25) is 0 Å². The SMILES string of the molecule is COc1ccc([C@H]2c3sc(=O)n(CC(=O)Nc4cccc5ccccc45)c3SC3C(=O)N(c4ccccc4C(F)(F)F)C(=O)C32)cc1OC. The van der Waals surface area contributed by atoms with Gasteiger partial charge in [0.05, 0.1) is 36.4 Å². The molecule has 0 radical (unpaired) electrons. The number of para-hydroxylation sites is 1. The molecule has 0 bridgehead atoms. The number of carbonyl (C=O) groups is 3. The number of aromatic nitrogens is 1. The van der Waals surface area contributed by atoms with Crippen molar-refractivity contribution in [3.63, 3.8) is 0 Å². The molecule has 14 heteroatoms. The van der Waals surface area contributed by atoms with Gasteiger partial charge >= 0.3 is 11.0 Å². The Kier molecular flexibility index (Phi) is 8.23. The second-order valence-electron chi connectivity index (χ2n) is 11.4. The first-order valence-electron chi connectivity index (χ1n) is 15.0. The van der Waals surface area contributed by atoms with E-state index in [0.717, 1.165) is 46.0 Å². The Balaban J connectivity index is 1.32. The highest BCUT2D eigenvalue weighted by molar-refractivity contribution is 8.00. The number of alkyl halides is 3. The van der Waals surface area contributed by atoms with E-state index in [1.54, 1.807) is 30.3 Å². The minimum absolute atomic E-state index is 0.288. The number of hydrogen-bond donors (Lipinski definition) is 1. The zero-order valence-electron chi connectivity index (χ0n) is 25.8. The van der Waals surface area contributed by atoms with Gasteiger partial charge in [-0.1, -0.05) is 77.7 Å². The maximum atomic E-state index is 14.2. The molecule has 5 aromatic rings. The van der Waals surface area contributed by atoms with Crippen LogP contribution in [-0.4, -0.2) is 41.8 Å². The molecule has 2 aliphatic rings. The van der Waals surface area contributed by atoms with Crippen LogP contribution in [0.15, 0.2) is 94.7 Å². The number of rotatable bonds is 7. The van der Waals surface area contributed by atoms with Gasteiger partial charge in [-0.05, 0) is 41.3 Å². The fraction of sp³-hybridized carbons (Fsp3) is 0.200. The summed E-state index contributed by atoms with van der Waals surface area (Å²) in [4.78, 5) is 55.8. The number of amides is 3. The predicted octanol–water partition coefficient (Wildman–Crippen LogP) is 6.53. The Hall–Kier alpha value is -5.08. The molecular weight excluding hydrogens is 680 g/mol. The van der Waals surface area contributed by atoms with Crippen LogP contribution in [0.3, 0.4) is 0 Å². The maximum absolute atomic E-state index is 14.2. The van der Waals surface area contributed by atoms with Crippen molar-refractivity contribution in [3.05, 3.63) is 111 Å². The van der Waals surface area contributed by atoms with Crippen LogP contribution < -0.4 is 24.6 Å². The predicted molar refractivity (Wildman–Crippen MR) is 180 cm³/mol. The third kappa shape index (κ3) is 5.54. The molecule has 4 aromatic carbocycles. The van der Waals surface area contributed by atoms with E-state index in [1.807, 2.05) is 30.3 Å². The van der Waals surface area contributed by atoms with Crippen LogP contribution in [0.4, 0.5) is 24.5 Å². The van der Waals surface area contributed by atoms with Gasteiger partial charge in [-0.2, -0.15) is 13.2 Å². The molecule has 250 valence electrons. The van der Waals surface area contributed by atoms with Crippen LogP contribution >= 0.6 is 23.1 Å². The van der Waals surface area contributed by atoms with Crippen LogP contribution in [0.5, 0.6) is 11.5 Å². The second-order valence-corrected chi connectivity index (χ2v) is 13.5. The van der Waals surface area contributed by atoms with Crippen molar-refractivity contribution in [2.75, 3.05) is 24.4 Å². The number of carbonyl (C=O) groups excluding carboxylic acids is 3. The van der Waals surface area contributed by atoms with Gasteiger partial charge in [0.15, 0.2) is 11.5 Å². The molecule has 0 aliphatic carbocycles. The van der Waals surface area contributed by atoms with Gasteiger partial charge in [0.2, 0.25) is 17.7 Å². The number of thiazole rings is 1. The van der Waals surface area contributed by atoms with Gasteiger partial charge < -0.3 is 14.8 Å². The van der Waals surface area contributed by atoms with Gasteiger partial charge in [0, 0.05) is 21.9 Å². The third-order valence-corrected chi connectivity index (χ3v) is 11.2. The number of nitrogens with zero attached hydrogens (tertiary/aromatic N) is 2. The summed E-state index contributed by atoms with van der Waals surface area (Å²) in [7, 11) is 2.88. The third-order valence-electron chi connectivity index (χ3n) is 8.63. The lowest BCUT2D eigenvalue weighted by Gasteiger charge is -2.31. The molecule has 2 aliphatic heterocycles. The van der Waals surface area contributed by atoms with Crippen molar-refractivity contribution in [1.82, 2.24) is 4.57 Å². The molecule has 0 saturated carbocycles. The summed E-state index contributed by atoms with van der Waals surface area (Å²) in [6, 6.07) is 22.2. The summed E-state index contributed by atoms with van der Waals surface area (Å²) in [5.74, 6) is -3.57. The van der Waals surface area contributed by atoms with Gasteiger partial charge in [0.1, 0.15) is 11.8 Å². The smallest absolute Gasteiger partial charge is 0.418 e. The first-order valence-corrected chi connectivity index (χ1v) is 16.6. The summed E-state index contributed by atoms with van der Waals surface area (Å²) in [6.45, 7) is -0.403. The van der Waals surface area contributed by atoms with E-state index in [0.29, 0.717) is 32.5 Å². The van der Waals surface area contributed by atoms with Gasteiger partial charge in [-0.25, -0.2) is 4.90 Å². The zero-order chi connectivity index (χ0) is 34.6. The number of nitrogens with one attached hydrogen (secondary N) is 1. The number of methoxy groups -OCH3 is 2. The number of hydrogen-bond acceptors (Lipinski definition) is 8. The minimum Gasteiger partial charge on any atom is -0.493 e. The molecule has 7 rings (SSSR count). The van der Waals surface area contributed by atoms with Crippen LogP contribution in [0, 0.1) is 5.92 Å². The van der Waals surface area contributed by atoms with Crippen molar-refractivity contribution in [2.24, 2.45) is 5.92 Å². The lowest BCUT2D eigenvalue weighted by molar-refractivity contribution is -0.137. The van der Waals surface area contributed by atoms with E-state index in [2.05, 4.69) is 5.32 Å². The van der Waals surface area contributed by atoms with Crippen molar-refractivity contribution in [1.29, 1.82) is 0 Å². The lowest BCUT2D eigenvalue weighted by Crippen LogP contribution is -2.33. The average Bonchev–Trinajstić information content (AvgIpc) is 3.53. The molecule has 9 nitrogen and oxygen atoms in total. The number of benzene rings is 4. The summed E-state index contributed by atoms with van der Waals surface area (Å²) >= 11 is 1.73. The van der Waals surface area contributed by atoms with Crippen LogP contribution in [-0.2, 0) is 27.1 Å². The van der Waals surface area contributed by atoms with E-state index in [1.165, 1.54) is 30.9 Å². The van der Waals surface area contributed by atoms with Crippen molar-refractivity contribution in [3.8, 4) is 11.5 Å². The summed E-state index contributed by atoms with van der Waals surface area (Å²) in [5.41, 5.74) is -0.664. The number of fused-ring (bicyclic) bond motifs is 3. The molecule has 1 saturated heterocycles.